The second-order valence-corrected chi connectivity index (χ2v) is 7.94. The molecule has 4 fully saturated rings. The highest BCUT2D eigenvalue weighted by molar-refractivity contribution is 5.95. The molecule has 1 amide bonds. The van der Waals surface area contributed by atoms with Gasteiger partial charge < -0.3 is 9.64 Å². The Labute approximate surface area is 159 Å². The van der Waals surface area contributed by atoms with Crippen molar-refractivity contribution in [1.29, 1.82) is 0 Å². The Morgan fingerprint density at radius 1 is 1.15 bits per heavy atom. The van der Waals surface area contributed by atoms with E-state index >= 15 is 0 Å². The van der Waals surface area contributed by atoms with Crippen LogP contribution in [0.1, 0.15) is 34.7 Å². The molecule has 0 saturated carbocycles. The van der Waals surface area contributed by atoms with Gasteiger partial charge in [0.05, 0.1) is 13.2 Å². The van der Waals surface area contributed by atoms with Crippen LogP contribution in [-0.2, 0) is 0 Å². The number of carbonyl (C=O) groups is 1. The number of likely N-dealkylation sites (tertiary alicyclic amines) is 1. The van der Waals surface area contributed by atoms with Crippen LogP contribution in [0.25, 0.3) is 0 Å². The van der Waals surface area contributed by atoms with E-state index in [1.165, 1.54) is 18.4 Å². The first kappa shape index (κ1) is 16.8. The lowest BCUT2D eigenvalue weighted by atomic mass is 9.75. The van der Waals surface area contributed by atoms with Crippen molar-refractivity contribution in [1.82, 2.24) is 14.8 Å². The van der Waals surface area contributed by atoms with E-state index in [9.17, 15) is 4.79 Å². The van der Waals surface area contributed by atoms with E-state index in [0.29, 0.717) is 23.9 Å². The molecular formula is C22H25N3O2. The lowest BCUT2D eigenvalue weighted by molar-refractivity contribution is -0.00342. The molecule has 4 saturated heterocycles. The Morgan fingerprint density at radius 2 is 2.00 bits per heavy atom. The molecule has 0 radical (unpaired) electrons. The van der Waals surface area contributed by atoms with Gasteiger partial charge in [-0.3, -0.25) is 14.7 Å². The number of ether oxygens (including phenoxy) is 1. The van der Waals surface area contributed by atoms with Crippen LogP contribution in [0.5, 0.6) is 5.75 Å². The number of rotatable bonds is 3. The zero-order valence-corrected chi connectivity index (χ0v) is 15.6. The van der Waals surface area contributed by atoms with E-state index in [0.717, 1.165) is 30.9 Å². The predicted octanol–water partition coefficient (Wildman–Crippen LogP) is 2.79. The molecule has 2 bridgehead atoms. The SMILES string of the molecule is COc1cccc(C(=O)N2CC(c3cccnc3)C3C2C2CCN3CC2)c1. The summed E-state index contributed by atoms with van der Waals surface area (Å²) < 4.78 is 5.33. The van der Waals surface area contributed by atoms with Gasteiger partial charge in [-0.25, -0.2) is 0 Å². The summed E-state index contributed by atoms with van der Waals surface area (Å²) in [6.45, 7) is 3.08. The minimum Gasteiger partial charge on any atom is -0.497 e. The van der Waals surface area contributed by atoms with Gasteiger partial charge in [-0.15, -0.1) is 0 Å². The van der Waals surface area contributed by atoms with Crippen molar-refractivity contribution in [2.45, 2.75) is 30.8 Å². The van der Waals surface area contributed by atoms with E-state index in [2.05, 4.69) is 20.9 Å². The average molecular weight is 363 g/mol. The van der Waals surface area contributed by atoms with Crippen LogP contribution in [0.15, 0.2) is 48.8 Å². The van der Waals surface area contributed by atoms with Crippen LogP contribution >= 0.6 is 0 Å². The molecule has 3 atom stereocenters. The second-order valence-electron chi connectivity index (χ2n) is 7.94. The predicted molar refractivity (Wildman–Crippen MR) is 103 cm³/mol. The van der Waals surface area contributed by atoms with Gasteiger partial charge in [0.25, 0.3) is 5.91 Å². The van der Waals surface area contributed by atoms with Gasteiger partial charge in [-0.1, -0.05) is 12.1 Å². The normalized spacial score (nSPS) is 31.6. The summed E-state index contributed by atoms with van der Waals surface area (Å²) >= 11 is 0. The number of hydrogen-bond acceptors (Lipinski definition) is 4. The molecule has 27 heavy (non-hydrogen) atoms. The molecule has 5 heterocycles. The Bertz CT molecular complexity index is 832. The lowest BCUT2D eigenvalue weighted by Gasteiger charge is -2.51. The van der Waals surface area contributed by atoms with E-state index < -0.39 is 0 Å². The highest BCUT2D eigenvalue weighted by atomic mass is 16.5. The summed E-state index contributed by atoms with van der Waals surface area (Å²) in [6, 6.07) is 12.4. The molecule has 1 aromatic carbocycles. The fourth-order valence-corrected chi connectivity index (χ4v) is 5.47. The Morgan fingerprint density at radius 3 is 2.74 bits per heavy atom. The molecule has 4 aliphatic rings. The van der Waals surface area contributed by atoms with Gasteiger partial charge >= 0.3 is 0 Å². The van der Waals surface area contributed by atoms with Crippen molar-refractivity contribution in [3.05, 3.63) is 59.9 Å². The van der Waals surface area contributed by atoms with Crippen LogP contribution in [0, 0.1) is 5.92 Å². The Balaban J connectivity index is 1.51. The van der Waals surface area contributed by atoms with Crippen LogP contribution in [0.2, 0.25) is 0 Å². The van der Waals surface area contributed by atoms with Crippen molar-refractivity contribution in [3.63, 3.8) is 0 Å². The standard InChI is InChI=1S/C22H25N3O2/c1-27-18-6-2-4-16(12-18)22(26)25-14-19(17-5-3-9-23-13-17)21-20(25)15-7-10-24(21)11-8-15/h2-6,9,12-13,15,19-21H,7-8,10-11,14H2,1H3. The van der Waals surface area contributed by atoms with Crippen LogP contribution in [-0.4, -0.2) is 59.5 Å². The molecule has 0 spiro atoms. The van der Waals surface area contributed by atoms with Gasteiger partial charge in [0.15, 0.2) is 0 Å². The van der Waals surface area contributed by atoms with Crippen LogP contribution in [0.3, 0.4) is 0 Å². The molecule has 140 valence electrons. The first-order valence-corrected chi connectivity index (χ1v) is 9.85. The monoisotopic (exact) mass is 363 g/mol. The summed E-state index contributed by atoms with van der Waals surface area (Å²) in [7, 11) is 1.64. The van der Waals surface area contributed by atoms with Gasteiger partial charge in [0, 0.05) is 36.5 Å². The highest BCUT2D eigenvalue weighted by Crippen LogP contribution is 2.46. The van der Waals surface area contributed by atoms with Crippen LogP contribution < -0.4 is 4.74 Å². The topological polar surface area (TPSA) is 45.7 Å². The van der Waals surface area contributed by atoms with E-state index in [-0.39, 0.29) is 5.91 Å². The molecule has 3 unspecified atom stereocenters. The number of nitrogens with zero attached hydrogens (tertiary/aromatic N) is 3. The zero-order valence-electron chi connectivity index (χ0n) is 15.6. The number of fused-ring (bicyclic) bond motifs is 2. The first-order valence-electron chi connectivity index (χ1n) is 9.85. The molecule has 0 N–H and O–H groups in total. The third kappa shape index (κ3) is 2.72. The van der Waals surface area contributed by atoms with E-state index in [1.54, 1.807) is 7.11 Å². The molecule has 0 aliphatic carbocycles. The molecule has 4 aliphatic heterocycles. The summed E-state index contributed by atoms with van der Waals surface area (Å²) in [5, 5.41) is 0. The quantitative estimate of drug-likeness (QED) is 0.841. The zero-order chi connectivity index (χ0) is 18.4. The number of aromatic nitrogens is 1. The van der Waals surface area contributed by atoms with Gasteiger partial charge in [0.2, 0.25) is 0 Å². The molecule has 5 nitrogen and oxygen atoms in total. The van der Waals surface area contributed by atoms with Crippen molar-refractivity contribution < 1.29 is 9.53 Å². The molecule has 1 aromatic heterocycles. The summed E-state index contributed by atoms with van der Waals surface area (Å²) in [4.78, 5) is 22.6. The summed E-state index contributed by atoms with van der Waals surface area (Å²) in [6.07, 6.45) is 6.19. The van der Waals surface area contributed by atoms with Crippen molar-refractivity contribution in [2.75, 3.05) is 26.7 Å². The number of benzene rings is 1. The van der Waals surface area contributed by atoms with E-state index in [1.807, 2.05) is 42.7 Å². The van der Waals surface area contributed by atoms with Gasteiger partial charge in [-0.05, 0) is 61.7 Å². The lowest BCUT2D eigenvalue weighted by Crippen LogP contribution is -2.60. The van der Waals surface area contributed by atoms with Crippen molar-refractivity contribution in [2.24, 2.45) is 5.92 Å². The van der Waals surface area contributed by atoms with Gasteiger partial charge in [0.1, 0.15) is 5.75 Å². The molecule has 6 rings (SSSR count). The third-order valence-electron chi connectivity index (χ3n) is 6.68. The minimum absolute atomic E-state index is 0.129. The fraction of sp³-hybridized carbons (Fsp3) is 0.455. The van der Waals surface area contributed by atoms with E-state index in [4.69, 9.17) is 4.74 Å². The largest absolute Gasteiger partial charge is 0.497 e. The maximum Gasteiger partial charge on any atom is 0.254 e. The Hall–Kier alpha value is -2.40. The first-order chi connectivity index (χ1) is 13.3. The third-order valence-corrected chi connectivity index (χ3v) is 6.68. The maximum absolute atomic E-state index is 13.5. The van der Waals surface area contributed by atoms with Crippen LogP contribution in [0.4, 0.5) is 0 Å². The van der Waals surface area contributed by atoms with Crippen molar-refractivity contribution in [3.8, 4) is 5.75 Å². The summed E-state index contributed by atoms with van der Waals surface area (Å²) in [5.41, 5.74) is 1.97. The molecule has 2 aromatic rings. The average Bonchev–Trinajstić information content (AvgIpc) is 3.17. The smallest absolute Gasteiger partial charge is 0.254 e. The number of hydrogen-bond donors (Lipinski definition) is 0. The fourth-order valence-electron chi connectivity index (χ4n) is 5.47. The maximum atomic E-state index is 13.5. The number of piperidine rings is 3. The number of carbonyl (C=O) groups excluding carboxylic acids is 1. The Kier molecular flexibility index (Phi) is 4.12. The highest BCUT2D eigenvalue weighted by Gasteiger charge is 2.54. The molecular weight excluding hydrogens is 338 g/mol. The summed E-state index contributed by atoms with van der Waals surface area (Å²) in [5.74, 6) is 1.80. The number of pyridine rings is 1. The number of methoxy groups -OCH3 is 1. The minimum atomic E-state index is 0.129. The van der Waals surface area contributed by atoms with Gasteiger partial charge in [-0.2, -0.15) is 0 Å². The number of amides is 1. The van der Waals surface area contributed by atoms with Crippen molar-refractivity contribution >= 4 is 5.91 Å². The second kappa shape index (κ2) is 6.64. The molecule has 5 heteroatoms.